The molecule has 1 aliphatic carbocycles. The van der Waals surface area contributed by atoms with Gasteiger partial charge >= 0.3 is 0 Å². The Morgan fingerprint density at radius 2 is 1.87 bits per heavy atom. The van der Waals surface area contributed by atoms with Crippen LogP contribution in [-0.4, -0.2) is 20.6 Å². The van der Waals surface area contributed by atoms with Crippen LogP contribution >= 0.6 is 0 Å². The normalized spacial score (nSPS) is 18.7. The third-order valence-electron chi connectivity index (χ3n) is 2.80. The fraction of sp³-hybridized carbons (Fsp3) is 0.900. The van der Waals surface area contributed by atoms with Gasteiger partial charge in [-0.2, -0.15) is 0 Å². The molecule has 88 valence electrons. The molecule has 0 saturated heterocycles. The predicted octanol–water partition coefficient (Wildman–Crippen LogP) is 1.42. The Bertz CT molecular complexity index is 305. The summed E-state index contributed by atoms with van der Waals surface area (Å²) >= 11 is 0. The number of rotatable bonds is 4. The van der Waals surface area contributed by atoms with Crippen molar-refractivity contribution in [2.75, 3.05) is 6.26 Å². The Morgan fingerprint density at radius 3 is 2.40 bits per heavy atom. The smallest absolute Gasteiger partial charge is 0.233 e. The van der Waals surface area contributed by atoms with Crippen molar-refractivity contribution in [1.82, 2.24) is 4.72 Å². The summed E-state index contributed by atoms with van der Waals surface area (Å²) in [7, 11) is -3.38. The van der Waals surface area contributed by atoms with Crippen LogP contribution in [0.4, 0.5) is 0 Å². The van der Waals surface area contributed by atoms with E-state index >= 15 is 0 Å². The van der Waals surface area contributed by atoms with Crippen LogP contribution in [0.3, 0.4) is 0 Å². The van der Waals surface area contributed by atoms with E-state index in [9.17, 15) is 13.2 Å². The zero-order chi connectivity index (χ0) is 11.3. The summed E-state index contributed by atoms with van der Waals surface area (Å²) in [6.07, 6.45) is 8.33. The van der Waals surface area contributed by atoms with Crippen LogP contribution in [0.2, 0.25) is 0 Å². The molecule has 0 heterocycles. The van der Waals surface area contributed by atoms with E-state index in [0.717, 1.165) is 12.7 Å². The highest BCUT2D eigenvalue weighted by Crippen LogP contribution is 2.27. The number of carbonyl (C=O) groups excluding carboxylic acids is 1. The molecule has 0 aliphatic heterocycles. The third kappa shape index (κ3) is 5.77. The lowest BCUT2D eigenvalue weighted by molar-refractivity contribution is -0.119. The van der Waals surface area contributed by atoms with Crippen LogP contribution in [0.25, 0.3) is 0 Å². The minimum absolute atomic E-state index is 0.331. The molecule has 0 aromatic heterocycles. The number of hydrogen-bond acceptors (Lipinski definition) is 3. The van der Waals surface area contributed by atoms with E-state index in [-0.39, 0.29) is 5.91 Å². The fourth-order valence-corrected chi connectivity index (χ4v) is 2.58. The van der Waals surface area contributed by atoms with Gasteiger partial charge in [-0.05, 0) is 12.3 Å². The predicted molar refractivity (Wildman–Crippen MR) is 58.8 cm³/mol. The van der Waals surface area contributed by atoms with Gasteiger partial charge in [0.2, 0.25) is 15.9 Å². The van der Waals surface area contributed by atoms with E-state index in [0.29, 0.717) is 12.3 Å². The summed E-state index contributed by atoms with van der Waals surface area (Å²) in [5.41, 5.74) is 0. The maximum Gasteiger partial charge on any atom is 0.233 e. The Labute approximate surface area is 91.5 Å². The zero-order valence-electron chi connectivity index (χ0n) is 9.16. The van der Waals surface area contributed by atoms with E-state index in [1.165, 1.54) is 32.1 Å². The lowest BCUT2D eigenvalue weighted by Gasteiger charge is -2.20. The van der Waals surface area contributed by atoms with Gasteiger partial charge in [0.25, 0.3) is 0 Å². The summed E-state index contributed by atoms with van der Waals surface area (Å²) in [6, 6.07) is 0. The molecule has 1 fully saturated rings. The van der Waals surface area contributed by atoms with Gasteiger partial charge < -0.3 is 0 Å². The fourth-order valence-electron chi connectivity index (χ4n) is 2.07. The maximum atomic E-state index is 11.2. The summed E-state index contributed by atoms with van der Waals surface area (Å²) in [5.74, 6) is 0.243. The first kappa shape index (κ1) is 12.5. The van der Waals surface area contributed by atoms with Crippen molar-refractivity contribution < 1.29 is 13.2 Å². The van der Waals surface area contributed by atoms with Gasteiger partial charge in [-0.1, -0.05) is 32.1 Å². The molecule has 0 atom stereocenters. The van der Waals surface area contributed by atoms with Gasteiger partial charge in [0.1, 0.15) is 0 Å². The summed E-state index contributed by atoms with van der Waals surface area (Å²) in [6.45, 7) is 0. The van der Waals surface area contributed by atoms with E-state index in [2.05, 4.69) is 0 Å². The van der Waals surface area contributed by atoms with Crippen LogP contribution < -0.4 is 4.72 Å². The second kappa shape index (κ2) is 5.49. The van der Waals surface area contributed by atoms with Crippen LogP contribution in [0.5, 0.6) is 0 Å². The summed E-state index contributed by atoms with van der Waals surface area (Å²) < 4.78 is 23.5. The van der Waals surface area contributed by atoms with Crippen molar-refractivity contribution in [1.29, 1.82) is 0 Å². The highest BCUT2D eigenvalue weighted by molar-refractivity contribution is 7.89. The SMILES string of the molecule is CS(=O)(=O)NC(=O)CCC1CCCCC1. The van der Waals surface area contributed by atoms with E-state index in [1.54, 1.807) is 0 Å². The number of carbonyl (C=O) groups is 1. The lowest BCUT2D eigenvalue weighted by Crippen LogP contribution is -2.29. The molecule has 1 aliphatic rings. The number of sulfonamides is 1. The van der Waals surface area contributed by atoms with Gasteiger partial charge in [-0.15, -0.1) is 0 Å². The van der Waals surface area contributed by atoms with Gasteiger partial charge in [-0.3, -0.25) is 9.52 Å². The van der Waals surface area contributed by atoms with Crippen molar-refractivity contribution in [3.05, 3.63) is 0 Å². The molecule has 0 spiro atoms. The third-order valence-corrected chi connectivity index (χ3v) is 3.40. The van der Waals surface area contributed by atoms with Gasteiger partial charge in [-0.25, -0.2) is 8.42 Å². The number of nitrogens with one attached hydrogen (secondary N) is 1. The molecule has 1 saturated carbocycles. The second-order valence-electron chi connectivity index (χ2n) is 4.34. The van der Waals surface area contributed by atoms with Crippen LogP contribution in [0.1, 0.15) is 44.9 Å². The van der Waals surface area contributed by atoms with Crippen molar-refractivity contribution in [2.45, 2.75) is 44.9 Å². The Kier molecular flexibility index (Phi) is 4.57. The van der Waals surface area contributed by atoms with Crippen molar-refractivity contribution >= 4 is 15.9 Å². The highest BCUT2D eigenvalue weighted by atomic mass is 32.2. The average molecular weight is 233 g/mol. The maximum absolute atomic E-state index is 11.2. The first-order valence-corrected chi connectivity index (χ1v) is 7.37. The Hall–Kier alpha value is -0.580. The minimum Gasteiger partial charge on any atom is -0.274 e. The van der Waals surface area contributed by atoms with Crippen molar-refractivity contribution in [3.8, 4) is 0 Å². The van der Waals surface area contributed by atoms with E-state index in [4.69, 9.17) is 0 Å². The molecular formula is C10H19NO3S. The van der Waals surface area contributed by atoms with Gasteiger partial charge in [0, 0.05) is 6.42 Å². The standard InChI is InChI=1S/C10H19NO3S/c1-15(13,14)11-10(12)8-7-9-5-3-2-4-6-9/h9H,2-8H2,1H3,(H,11,12). The molecule has 1 rings (SSSR count). The van der Waals surface area contributed by atoms with Crippen LogP contribution in [-0.2, 0) is 14.8 Å². The molecule has 0 bridgehead atoms. The van der Waals surface area contributed by atoms with Crippen LogP contribution in [0.15, 0.2) is 0 Å². The molecule has 1 amide bonds. The molecule has 1 N–H and O–H groups in total. The number of amides is 1. The lowest BCUT2D eigenvalue weighted by atomic mass is 9.86. The van der Waals surface area contributed by atoms with E-state index < -0.39 is 10.0 Å². The molecule has 0 aromatic carbocycles. The van der Waals surface area contributed by atoms with Crippen molar-refractivity contribution in [3.63, 3.8) is 0 Å². The molecule has 0 radical (unpaired) electrons. The Balaban J connectivity index is 2.21. The largest absolute Gasteiger partial charge is 0.274 e. The quantitative estimate of drug-likeness (QED) is 0.798. The molecular weight excluding hydrogens is 214 g/mol. The number of hydrogen-bond donors (Lipinski definition) is 1. The first-order chi connectivity index (χ1) is 6.97. The van der Waals surface area contributed by atoms with Crippen LogP contribution in [0, 0.1) is 5.92 Å². The molecule has 0 aromatic rings. The first-order valence-electron chi connectivity index (χ1n) is 5.48. The average Bonchev–Trinajstić information content (AvgIpc) is 2.14. The molecule has 4 nitrogen and oxygen atoms in total. The summed E-state index contributed by atoms with van der Waals surface area (Å²) in [5, 5.41) is 0. The van der Waals surface area contributed by atoms with Gasteiger partial charge in [0.15, 0.2) is 0 Å². The van der Waals surface area contributed by atoms with Gasteiger partial charge in [0.05, 0.1) is 6.26 Å². The van der Waals surface area contributed by atoms with E-state index in [1.807, 2.05) is 4.72 Å². The summed E-state index contributed by atoms with van der Waals surface area (Å²) in [4.78, 5) is 11.2. The molecule has 0 unspecified atom stereocenters. The Morgan fingerprint density at radius 1 is 1.27 bits per heavy atom. The molecule has 15 heavy (non-hydrogen) atoms. The molecule has 5 heteroatoms. The highest BCUT2D eigenvalue weighted by Gasteiger charge is 2.15. The minimum atomic E-state index is -3.38. The second-order valence-corrected chi connectivity index (χ2v) is 6.09. The topological polar surface area (TPSA) is 63.2 Å². The zero-order valence-corrected chi connectivity index (χ0v) is 9.98. The monoisotopic (exact) mass is 233 g/mol. The van der Waals surface area contributed by atoms with Crippen molar-refractivity contribution in [2.24, 2.45) is 5.92 Å².